The highest BCUT2D eigenvalue weighted by molar-refractivity contribution is 6.26. The standard InChI is InChI=1S/C10H15ClN2O/c1-9(2,6(5-12)8(13)14)7-4-10(7,3)11/h6-7H,4H2,1-3H3,(H2,13,14). The van der Waals surface area contributed by atoms with E-state index < -0.39 is 17.2 Å². The molecule has 1 amide bonds. The number of carbonyl (C=O) groups is 1. The van der Waals surface area contributed by atoms with Crippen LogP contribution in [0.1, 0.15) is 27.2 Å². The number of hydrogen-bond donors (Lipinski definition) is 1. The van der Waals surface area contributed by atoms with E-state index in [2.05, 4.69) is 0 Å². The Balaban J connectivity index is 2.86. The molecule has 3 atom stereocenters. The van der Waals surface area contributed by atoms with Gasteiger partial charge in [-0.15, -0.1) is 11.6 Å². The lowest BCUT2D eigenvalue weighted by Gasteiger charge is -2.28. The molecule has 0 aromatic heterocycles. The molecule has 1 rings (SSSR count). The summed E-state index contributed by atoms with van der Waals surface area (Å²) in [5.41, 5.74) is 4.75. The number of nitrogens with zero attached hydrogens (tertiary/aromatic N) is 1. The molecule has 0 heterocycles. The van der Waals surface area contributed by atoms with E-state index in [1.165, 1.54) is 0 Å². The molecule has 3 unspecified atom stereocenters. The lowest BCUT2D eigenvalue weighted by atomic mass is 9.74. The van der Waals surface area contributed by atoms with Crippen LogP contribution in [0.5, 0.6) is 0 Å². The summed E-state index contributed by atoms with van der Waals surface area (Å²) in [5.74, 6) is -1.13. The molecule has 0 spiro atoms. The number of hydrogen-bond acceptors (Lipinski definition) is 2. The van der Waals surface area contributed by atoms with Gasteiger partial charge in [0.1, 0.15) is 5.92 Å². The highest BCUT2D eigenvalue weighted by atomic mass is 35.5. The Hall–Kier alpha value is -0.750. The molecule has 1 saturated carbocycles. The number of amides is 1. The molecule has 3 nitrogen and oxygen atoms in total. The summed E-state index contributed by atoms with van der Waals surface area (Å²) >= 11 is 6.14. The van der Waals surface area contributed by atoms with Crippen LogP contribution in [0.15, 0.2) is 0 Å². The second-order valence-electron chi connectivity index (χ2n) is 4.82. The van der Waals surface area contributed by atoms with Crippen LogP contribution in [0, 0.1) is 28.6 Å². The van der Waals surface area contributed by atoms with Crippen LogP contribution in [-0.2, 0) is 4.79 Å². The van der Waals surface area contributed by atoms with E-state index in [9.17, 15) is 4.79 Å². The van der Waals surface area contributed by atoms with Crippen LogP contribution in [0.3, 0.4) is 0 Å². The summed E-state index contributed by atoms with van der Waals surface area (Å²) in [4.78, 5) is 10.8. The summed E-state index contributed by atoms with van der Waals surface area (Å²) in [6.07, 6.45) is 0.840. The van der Waals surface area contributed by atoms with Gasteiger partial charge in [0.2, 0.25) is 5.91 Å². The second kappa shape index (κ2) is 3.13. The molecule has 0 radical (unpaired) electrons. The van der Waals surface area contributed by atoms with Crippen LogP contribution < -0.4 is 5.73 Å². The highest BCUT2D eigenvalue weighted by Gasteiger charge is 2.59. The van der Waals surface area contributed by atoms with Gasteiger partial charge in [0.25, 0.3) is 0 Å². The topological polar surface area (TPSA) is 66.9 Å². The van der Waals surface area contributed by atoms with Gasteiger partial charge in [-0.25, -0.2) is 0 Å². The summed E-state index contributed by atoms with van der Waals surface area (Å²) in [6, 6.07) is 1.97. The molecular weight excluding hydrogens is 200 g/mol. The fourth-order valence-corrected chi connectivity index (χ4v) is 2.61. The van der Waals surface area contributed by atoms with Crippen molar-refractivity contribution in [1.82, 2.24) is 0 Å². The highest BCUT2D eigenvalue weighted by Crippen LogP contribution is 2.60. The van der Waals surface area contributed by atoms with Gasteiger partial charge in [-0.05, 0) is 24.7 Å². The average Bonchev–Trinajstić information content (AvgIpc) is 2.60. The predicted octanol–water partition coefficient (Wildman–Crippen LogP) is 1.66. The lowest BCUT2D eigenvalue weighted by Crippen LogP contribution is -2.37. The minimum atomic E-state index is -0.756. The van der Waals surface area contributed by atoms with Crippen molar-refractivity contribution in [2.45, 2.75) is 32.1 Å². The van der Waals surface area contributed by atoms with Crippen molar-refractivity contribution in [1.29, 1.82) is 5.26 Å². The van der Waals surface area contributed by atoms with Crippen molar-refractivity contribution in [3.05, 3.63) is 0 Å². The Morgan fingerprint density at radius 2 is 2.21 bits per heavy atom. The quantitative estimate of drug-likeness (QED) is 0.726. The van der Waals surface area contributed by atoms with Gasteiger partial charge < -0.3 is 5.73 Å². The van der Waals surface area contributed by atoms with Crippen LogP contribution in [0.2, 0.25) is 0 Å². The van der Waals surface area contributed by atoms with E-state index in [0.717, 1.165) is 6.42 Å². The minimum absolute atomic E-state index is 0.189. The SMILES string of the molecule is CC1(Cl)CC1C(C)(C)C(C#N)C(N)=O. The maximum absolute atomic E-state index is 11.1. The Bertz CT molecular complexity index is 304. The first kappa shape index (κ1) is 11.3. The van der Waals surface area contributed by atoms with Crippen LogP contribution in [0.25, 0.3) is 0 Å². The molecule has 0 aliphatic heterocycles. The first-order chi connectivity index (χ1) is 6.23. The third-order valence-electron chi connectivity index (χ3n) is 3.23. The Morgan fingerprint density at radius 1 is 1.79 bits per heavy atom. The van der Waals surface area contributed by atoms with Crippen molar-refractivity contribution < 1.29 is 4.79 Å². The van der Waals surface area contributed by atoms with Gasteiger partial charge >= 0.3 is 0 Å². The number of primary amides is 1. The molecular formula is C10H15ClN2O. The summed E-state index contributed by atoms with van der Waals surface area (Å²) < 4.78 is 0. The Morgan fingerprint density at radius 3 is 2.43 bits per heavy atom. The number of nitrogens with two attached hydrogens (primary N) is 1. The summed E-state index contributed by atoms with van der Waals surface area (Å²) in [5, 5.41) is 8.89. The first-order valence-corrected chi connectivity index (χ1v) is 4.99. The smallest absolute Gasteiger partial charge is 0.235 e. The number of rotatable bonds is 3. The minimum Gasteiger partial charge on any atom is -0.369 e. The third-order valence-corrected chi connectivity index (χ3v) is 3.64. The molecule has 1 aliphatic carbocycles. The van der Waals surface area contributed by atoms with Crippen molar-refractivity contribution in [3.8, 4) is 6.07 Å². The molecule has 0 bridgehead atoms. The van der Waals surface area contributed by atoms with Gasteiger partial charge in [0, 0.05) is 4.87 Å². The molecule has 4 heteroatoms. The predicted molar refractivity (Wildman–Crippen MR) is 54.4 cm³/mol. The molecule has 1 aliphatic rings. The van der Waals surface area contributed by atoms with Crippen LogP contribution in [-0.4, -0.2) is 10.8 Å². The normalized spacial score (nSPS) is 33.2. The maximum Gasteiger partial charge on any atom is 0.235 e. The van der Waals surface area contributed by atoms with Crippen molar-refractivity contribution in [3.63, 3.8) is 0 Å². The van der Waals surface area contributed by atoms with Gasteiger partial charge in [-0.3, -0.25) is 4.79 Å². The third kappa shape index (κ3) is 1.72. The van der Waals surface area contributed by atoms with E-state index in [0.29, 0.717) is 0 Å². The Labute approximate surface area is 89.2 Å². The van der Waals surface area contributed by atoms with E-state index in [4.69, 9.17) is 22.6 Å². The molecule has 0 aromatic rings. The van der Waals surface area contributed by atoms with E-state index >= 15 is 0 Å². The molecule has 1 fully saturated rings. The van der Waals surface area contributed by atoms with E-state index in [1.807, 2.05) is 26.8 Å². The first-order valence-electron chi connectivity index (χ1n) is 4.61. The monoisotopic (exact) mass is 214 g/mol. The molecule has 0 saturated heterocycles. The van der Waals surface area contributed by atoms with Crippen molar-refractivity contribution >= 4 is 17.5 Å². The summed E-state index contributed by atoms with van der Waals surface area (Å²) in [6.45, 7) is 5.68. The number of alkyl halides is 1. The zero-order valence-electron chi connectivity index (χ0n) is 8.67. The van der Waals surface area contributed by atoms with Crippen molar-refractivity contribution in [2.24, 2.45) is 23.0 Å². The molecule has 78 valence electrons. The second-order valence-corrected chi connectivity index (χ2v) is 5.68. The average molecular weight is 215 g/mol. The molecule has 0 aromatic carbocycles. The van der Waals surface area contributed by atoms with Crippen LogP contribution in [0.4, 0.5) is 0 Å². The number of carbonyl (C=O) groups excluding carboxylic acids is 1. The largest absolute Gasteiger partial charge is 0.369 e. The zero-order valence-corrected chi connectivity index (χ0v) is 9.43. The van der Waals surface area contributed by atoms with Gasteiger partial charge in [-0.1, -0.05) is 13.8 Å². The molecule has 14 heavy (non-hydrogen) atoms. The zero-order chi connectivity index (χ0) is 11.1. The van der Waals surface area contributed by atoms with Crippen LogP contribution >= 0.6 is 11.6 Å². The van der Waals surface area contributed by atoms with E-state index in [-0.39, 0.29) is 10.8 Å². The van der Waals surface area contributed by atoms with Gasteiger partial charge in [0.15, 0.2) is 0 Å². The lowest BCUT2D eigenvalue weighted by molar-refractivity contribution is -0.123. The summed E-state index contributed by atoms with van der Waals surface area (Å²) in [7, 11) is 0. The fraction of sp³-hybridized carbons (Fsp3) is 0.800. The fourth-order valence-electron chi connectivity index (χ4n) is 2.18. The Kier molecular flexibility index (Phi) is 2.53. The van der Waals surface area contributed by atoms with Crippen molar-refractivity contribution in [2.75, 3.05) is 0 Å². The molecule has 2 N–H and O–H groups in total. The maximum atomic E-state index is 11.1. The number of halogens is 1. The number of nitriles is 1. The van der Waals surface area contributed by atoms with Gasteiger partial charge in [-0.2, -0.15) is 5.26 Å². The van der Waals surface area contributed by atoms with Gasteiger partial charge in [0.05, 0.1) is 6.07 Å². The van der Waals surface area contributed by atoms with E-state index in [1.54, 1.807) is 0 Å².